The summed E-state index contributed by atoms with van der Waals surface area (Å²) < 4.78 is 50.4. The van der Waals surface area contributed by atoms with Crippen molar-refractivity contribution >= 4 is 5.82 Å². The first-order chi connectivity index (χ1) is 14.9. The number of hydrogen-bond acceptors (Lipinski definition) is 5. The molecule has 0 aromatic carbocycles. The maximum absolute atomic E-state index is 13.0. The van der Waals surface area contributed by atoms with Crippen LogP contribution in [0.4, 0.5) is 19.0 Å². The first-order valence-corrected chi connectivity index (χ1v) is 11.6. The minimum absolute atomic E-state index is 0.0276. The second-order valence-corrected chi connectivity index (χ2v) is 8.74. The number of halogens is 3. The molecule has 0 radical (unpaired) electrons. The van der Waals surface area contributed by atoms with Crippen LogP contribution in [0.3, 0.4) is 0 Å². The molecular weight excluding hydrogens is 409 g/mol. The average molecular weight is 445 g/mol. The number of aliphatic hydroxyl groups excluding tert-OH is 1. The molecule has 0 amide bonds. The maximum atomic E-state index is 13.0. The molecule has 5 nitrogen and oxygen atoms in total. The normalized spacial score (nSPS) is 24.9. The zero-order chi connectivity index (χ0) is 22.3. The van der Waals surface area contributed by atoms with Crippen LogP contribution >= 0.6 is 0 Å². The summed E-state index contributed by atoms with van der Waals surface area (Å²) in [5, 5.41) is 9.62. The number of hydrogen-bond donors (Lipinski definition) is 1. The maximum Gasteiger partial charge on any atom is 0.417 e. The molecule has 1 aromatic rings. The van der Waals surface area contributed by atoms with Gasteiger partial charge in [-0.1, -0.05) is 12.8 Å². The van der Waals surface area contributed by atoms with Crippen molar-refractivity contribution in [3.63, 3.8) is 0 Å². The van der Waals surface area contributed by atoms with Crippen molar-refractivity contribution in [3.8, 4) is 0 Å². The van der Waals surface area contributed by atoms with Crippen molar-refractivity contribution in [2.24, 2.45) is 11.8 Å². The summed E-state index contributed by atoms with van der Waals surface area (Å²) in [6.07, 6.45) is 5.20. The molecule has 31 heavy (non-hydrogen) atoms. The van der Waals surface area contributed by atoms with Gasteiger partial charge in [-0.3, -0.25) is 0 Å². The van der Waals surface area contributed by atoms with Gasteiger partial charge >= 0.3 is 6.18 Å². The van der Waals surface area contributed by atoms with Crippen molar-refractivity contribution in [1.82, 2.24) is 4.98 Å². The van der Waals surface area contributed by atoms with Crippen molar-refractivity contribution in [2.75, 3.05) is 31.2 Å². The first-order valence-electron chi connectivity index (χ1n) is 11.6. The fraction of sp³-hybridized carbons (Fsp3) is 0.783. The fourth-order valence-corrected chi connectivity index (χ4v) is 4.65. The summed E-state index contributed by atoms with van der Waals surface area (Å²) in [5.41, 5.74) is -0.592. The molecule has 1 saturated carbocycles. The minimum atomic E-state index is -4.46. The Morgan fingerprint density at radius 2 is 1.90 bits per heavy atom. The topological polar surface area (TPSA) is 54.8 Å². The Hall–Kier alpha value is -1.38. The fourth-order valence-electron chi connectivity index (χ4n) is 4.65. The van der Waals surface area contributed by atoms with E-state index >= 15 is 0 Å². The largest absolute Gasteiger partial charge is 0.417 e. The molecule has 1 saturated heterocycles. The molecule has 8 heteroatoms. The molecule has 0 spiro atoms. The highest BCUT2D eigenvalue weighted by Gasteiger charge is 2.32. The molecule has 0 bridgehead atoms. The van der Waals surface area contributed by atoms with E-state index in [1.807, 2.05) is 11.8 Å². The summed E-state index contributed by atoms with van der Waals surface area (Å²) >= 11 is 0. The lowest BCUT2D eigenvalue weighted by Gasteiger charge is -2.34. The zero-order valence-electron chi connectivity index (χ0n) is 18.4. The molecular formula is C23H35F3N2O3. The van der Waals surface area contributed by atoms with E-state index in [1.165, 1.54) is 6.42 Å². The number of ether oxygens (including phenoxy) is 2. The molecule has 1 aliphatic heterocycles. The van der Waals surface area contributed by atoms with Crippen LogP contribution in [0.2, 0.25) is 0 Å². The Kier molecular flexibility index (Phi) is 8.98. The van der Waals surface area contributed by atoms with Crippen LogP contribution < -0.4 is 4.90 Å². The van der Waals surface area contributed by atoms with E-state index in [4.69, 9.17) is 9.47 Å². The molecule has 2 heterocycles. The molecule has 176 valence electrons. The van der Waals surface area contributed by atoms with Crippen LogP contribution in [-0.2, 0) is 22.3 Å². The number of rotatable bonds is 9. The van der Waals surface area contributed by atoms with Gasteiger partial charge in [0.15, 0.2) is 6.29 Å². The second-order valence-electron chi connectivity index (χ2n) is 8.74. The first kappa shape index (κ1) is 24.3. The summed E-state index contributed by atoms with van der Waals surface area (Å²) in [6, 6.07) is 1.01. The number of anilines is 1. The van der Waals surface area contributed by atoms with Crippen molar-refractivity contribution in [2.45, 2.75) is 77.4 Å². The van der Waals surface area contributed by atoms with E-state index in [2.05, 4.69) is 4.98 Å². The average Bonchev–Trinajstić information content (AvgIpc) is 2.78. The Morgan fingerprint density at radius 1 is 1.16 bits per heavy atom. The van der Waals surface area contributed by atoms with Crippen LogP contribution in [0.1, 0.15) is 69.4 Å². The highest BCUT2D eigenvalue weighted by Crippen LogP contribution is 2.34. The van der Waals surface area contributed by atoms with Crippen LogP contribution in [-0.4, -0.2) is 42.7 Å². The van der Waals surface area contributed by atoms with Gasteiger partial charge in [-0.05, 0) is 63.4 Å². The van der Waals surface area contributed by atoms with E-state index in [1.54, 1.807) is 0 Å². The number of nitrogens with zero attached hydrogens (tertiary/aromatic N) is 2. The molecule has 1 N–H and O–H groups in total. The van der Waals surface area contributed by atoms with Gasteiger partial charge < -0.3 is 19.5 Å². The standard InChI is InChI=1S/C23H35F3N2O3/c1-2-28(22-19(16-29)13-20(14-27-22)23(24,25)26)15-18-8-6-17(7-9-18)10-12-31-21-5-3-4-11-30-21/h13-14,17-18,21,29H,2-12,15-16H2,1H3/t17-,18-,21?. The monoisotopic (exact) mass is 444 g/mol. The molecule has 1 aliphatic carbocycles. The third-order valence-electron chi connectivity index (χ3n) is 6.53. The van der Waals surface area contributed by atoms with Crippen LogP contribution in [0.15, 0.2) is 12.3 Å². The van der Waals surface area contributed by atoms with Gasteiger partial charge in [0, 0.05) is 38.1 Å². The summed E-state index contributed by atoms with van der Waals surface area (Å²) in [5.74, 6) is 1.60. The van der Waals surface area contributed by atoms with E-state index in [0.717, 1.165) is 77.0 Å². The predicted octanol–water partition coefficient (Wildman–Crippen LogP) is 5.16. The van der Waals surface area contributed by atoms with Gasteiger partial charge in [0.05, 0.1) is 12.2 Å². The predicted molar refractivity (Wildman–Crippen MR) is 113 cm³/mol. The summed E-state index contributed by atoms with van der Waals surface area (Å²) in [7, 11) is 0. The van der Waals surface area contributed by atoms with Crippen LogP contribution in [0, 0.1) is 11.8 Å². The lowest BCUT2D eigenvalue weighted by atomic mass is 9.80. The summed E-state index contributed by atoms with van der Waals surface area (Å²) in [4.78, 5) is 6.07. The summed E-state index contributed by atoms with van der Waals surface area (Å²) in [6.45, 7) is 4.45. The third kappa shape index (κ3) is 7.05. The molecule has 1 aromatic heterocycles. The van der Waals surface area contributed by atoms with Crippen molar-refractivity contribution in [1.29, 1.82) is 0 Å². The second kappa shape index (κ2) is 11.5. The number of aromatic nitrogens is 1. The van der Waals surface area contributed by atoms with E-state index in [-0.39, 0.29) is 11.9 Å². The molecule has 2 fully saturated rings. The SMILES string of the molecule is CCN(C[C@H]1CC[C@H](CCOC2CCCCO2)CC1)c1ncc(C(F)(F)F)cc1CO. The van der Waals surface area contributed by atoms with Crippen molar-refractivity contribution < 1.29 is 27.8 Å². The Balaban J connectivity index is 1.47. The van der Waals surface area contributed by atoms with Gasteiger partial charge in [-0.15, -0.1) is 0 Å². The highest BCUT2D eigenvalue weighted by atomic mass is 19.4. The molecule has 1 unspecified atom stereocenters. The molecule has 3 rings (SSSR count). The van der Waals surface area contributed by atoms with Crippen LogP contribution in [0.5, 0.6) is 0 Å². The zero-order valence-corrected chi connectivity index (χ0v) is 18.4. The van der Waals surface area contributed by atoms with Crippen LogP contribution in [0.25, 0.3) is 0 Å². The van der Waals surface area contributed by atoms with E-state index in [9.17, 15) is 18.3 Å². The third-order valence-corrected chi connectivity index (χ3v) is 6.53. The van der Waals surface area contributed by atoms with Gasteiger partial charge in [-0.2, -0.15) is 13.2 Å². The molecule has 2 aliphatic rings. The van der Waals surface area contributed by atoms with Gasteiger partial charge in [-0.25, -0.2) is 4.98 Å². The lowest BCUT2D eigenvalue weighted by molar-refractivity contribution is -0.164. The number of pyridine rings is 1. The number of aliphatic hydroxyl groups is 1. The van der Waals surface area contributed by atoms with E-state index < -0.39 is 18.3 Å². The van der Waals surface area contributed by atoms with Crippen molar-refractivity contribution in [3.05, 3.63) is 23.4 Å². The Bertz CT molecular complexity index is 673. The lowest BCUT2D eigenvalue weighted by Crippen LogP contribution is -2.33. The Labute approximate surface area is 182 Å². The number of alkyl halides is 3. The quantitative estimate of drug-likeness (QED) is 0.570. The van der Waals surface area contributed by atoms with Gasteiger partial charge in [0.2, 0.25) is 0 Å². The molecule has 1 atom stereocenters. The highest BCUT2D eigenvalue weighted by molar-refractivity contribution is 5.48. The van der Waals surface area contributed by atoms with E-state index in [0.29, 0.717) is 24.2 Å². The van der Waals surface area contributed by atoms with Gasteiger partial charge in [0.1, 0.15) is 5.82 Å². The van der Waals surface area contributed by atoms with Gasteiger partial charge in [0.25, 0.3) is 0 Å². The smallest absolute Gasteiger partial charge is 0.392 e. The Morgan fingerprint density at radius 3 is 2.52 bits per heavy atom. The minimum Gasteiger partial charge on any atom is -0.392 e.